The van der Waals surface area contributed by atoms with E-state index in [9.17, 15) is 14.0 Å². The van der Waals surface area contributed by atoms with Gasteiger partial charge in [-0.15, -0.1) is 11.3 Å². The molecule has 6 heteroatoms. The maximum Gasteiger partial charge on any atom is 0.268 e. The highest BCUT2D eigenvalue weighted by Crippen LogP contribution is 2.49. The van der Waals surface area contributed by atoms with E-state index in [0.29, 0.717) is 17.1 Å². The van der Waals surface area contributed by atoms with Gasteiger partial charge in [-0.2, -0.15) is 0 Å². The van der Waals surface area contributed by atoms with Gasteiger partial charge < -0.3 is 10.2 Å². The van der Waals surface area contributed by atoms with E-state index in [1.165, 1.54) is 23.5 Å². The van der Waals surface area contributed by atoms with Gasteiger partial charge in [0.15, 0.2) is 0 Å². The smallest absolute Gasteiger partial charge is 0.268 e. The minimum absolute atomic E-state index is 0.00722. The van der Waals surface area contributed by atoms with Gasteiger partial charge in [-0.3, -0.25) is 9.59 Å². The maximum absolute atomic E-state index is 13.2. The van der Waals surface area contributed by atoms with E-state index in [1.807, 2.05) is 35.7 Å². The van der Waals surface area contributed by atoms with E-state index < -0.39 is 5.41 Å². The highest BCUT2D eigenvalue weighted by Gasteiger charge is 2.51. The molecule has 0 spiro atoms. The number of hydrogen-bond acceptors (Lipinski definition) is 3. The SMILES string of the molecule is O=C(c1cccs1)N1CCc2ccc(NC(=O)C3(c4ccc(F)cc4)CC3)cc21. The average molecular weight is 406 g/mol. The molecule has 0 radical (unpaired) electrons. The molecule has 1 N–H and O–H groups in total. The number of rotatable bonds is 4. The first-order valence-electron chi connectivity index (χ1n) is 9.63. The molecule has 146 valence electrons. The molecular formula is C23H19FN2O2S. The van der Waals surface area contributed by atoms with Crippen molar-refractivity contribution in [1.82, 2.24) is 0 Å². The molecular weight excluding hydrogens is 387 g/mol. The molecule has 0 unspecified atom stereocenters. The zero-order valence-electron chi connectivity index (χ0n) is 15.7. The van der Waals surface area contributed by atoms with E-state index in [0.717, 1.165) is 36.1 Å². The Kier molecular flexibility index (Phi) is 4.24. The first-order chi connectivity index (χ1) is 14.1. The summed E-state index contributed by atoms with van der Waals surface area (Å²) in [7, 11) is 0. The predicted octanol–water partition coefficient (Wildman–Crippen LogP) is 4.76. The monoisotopic (exact) mass is 406 g/mol. The Morgan fingerprint density at radius 3 is 2.55 bits per heavy atom. The van der Waals surface area contributed by atoms with Gasteiger partial charge in [-0.25, -0.2) is 4.39 Å². The van der Waals surface area contributed by atoms with Gasteiger partial charge in [0, 0.05) is 17.9 Å². The molecule has 1 fully saturated rings. The van der Waals surface area contributed by atoms with Crippen LogP contribution in [0, 0.1) is 5.82 Å². The van der Waals surface area contributed by atoms with Crippen molar-refractivity contribution < 1.29 is 14.0 Å². The van der Waals surface area contributed by atoms with Crippen LogP contribution in [0.15, 0.2) is 60.0 Å². The second-order valence-corrected chi connectivity index (χ2v) is 8.52. The first kappa shape index (κ1) is 18.1. The summed E-state index contributed by atoms with van der Waals surface area (Å²) >= 11 is 1.43. The van der Waals surface area contributed by atoms with Gasteiger partial charge in [0.05, 0.1) is 10.3 Å². The van der Waals surface area contributed by atoms with Gasteiger partial charge in [-0.1, -0.05) is 24.3 Å². The van der Waals surface area contributed by atoms with Crippen LogP contribution in [-0.4, -0.2) is 18.4 Å². The van der Waals surface area contributed by atoms with Gasteiger partial charge in [0.1, 0.15) is 5.82 Å². The molecule has 1 aliphatic heterocycles. The van der Waals surface area contributed by atoms with Crippen molar-refractivity contribution in [3.8, 4) is 0 Å². The molecule has 3 aromatic rings. The third-order valence-corrected chi connectivity index (χ3v) is 6.66. The highest BCUT2D eigenvalue weighted by molar-refractivity contribution is 7.12. The zero-order valence-corrected chi connectivity index (χ0v) is 16.5. The molecule has 2 amide bonds. The summed E-state index contributed by atoms with van der Waals surface area (Å²) < 4.78 is 13.2. The van der Waals surface area contributed by atoms with Crippen molar-refractivity contribution in [1.29, 1.82) is 0 Å². The van der Waals surface area contributed by atoms with Gasteiger partial charge in [0.25, 0.3) is 5.91 Å². The fourth-order valence-electron chi connectivity index (χ4n) is 3.99. The first-order valence-corrected chi connectivity index (χ1v) is 10.5. The lowest BCUT2D eigenvalue weighted by atomic mass is 9.95. The summed E-state index contributed by atoms with van der Waals surface area (Å²) in [6, 6.07) is 15.6. The largest absolute Gasteiger partial charge is 0.325 e. The van der Waals surface area contributed by atoms with Gasteiger partial charge in [0.2, 0.25) is 5.91 Å². The zero-order chi connectivity index (χ0) is 20.0. The number of carbonyl (C=O) groups is 2. The fraction of sp³-hybridized carbons (Fsp3) is 0.217. The van der Waals surface area contributed by atoms with Crippen molar-refractivity contribution in [3.63, 3.8) is 0 Å². The quantitative estimate of drug-likeness (QED) is 0.679. The summed E-state index contributed by atoms with van der Waals surface area (Å²) in [5, 5.41) is 4.91. The average Bonchev–Trinajstić information content (AvgIpc) is 3.16. The summed E-state index contributed by atoms with van der Waals surface area (Å²) in [5.41, 5.74) is 2.89. The summed E-state index contributed by atoms with van der Waals surface area (Å²) in [5.74, 6) is -0.399. The number of benzene rings is 2. The second kappa shape index (κ2) is 6.81. The summed E-state index contributed by atoms with van der Waals surface area (Å²) in [4.78, 5) is 28.3. The Hall–Kier alpha value is -2.99. The van der Waals surface area contributed by atoms with Crippen LogP contribution < -0.4 is 10.2 Å². The van der Waals surface area contributed by atoms with E-state index in [2.05, 4.69) is 5.32 Å². The molecule has 2 aromatic carbocycles. The van der Waals surface area contributed by atoms with Crippen LogP contribution in [-0.2, 0) is 16.6 Å². The number of nitrogens with one attached hydrogen (secondary N) is 1. The van der Waals surface area contributed by atoms with Crippen molar-refractivity contribution in [2.75, 3.05) is 16.8 Å². The molecule has 0 saturated heterocycles. The molecule has 0 bridgehead atoms. The Morgan fingerprint density at radius 2 is 1.86 bits per heavy atom. The lowest BCUT2D eigenvalue weighted by molar-refractivity contribution is -0.118. The van der Waals surface area contributed by atoms with Crippen LogP contribution in [0.4, 0.5) is 15.8 Å². The number of carbonyl (C=O) groups excluding carboxylic acids is 2. The summed E-state index contributed by atoms with van der Waals surface area (Å²) in [6.07, 6.45) is 2.30. The Morgan fingerprint density at radius 1 is 1.07 bits per heavy atom. The topological polar surface area (TPSA) is 49.4 Å². The predicted molar refractivity (Wildman–Crippen MR) is 112 cm³/mol. The number of nitrogens with zero attached hydrogens (tertiary/aromatic N) is 1. The van der Waals surface area contributed by atoms with Crippen molar-refractivity contribution in [2.45, 2.75) is 24.7 Å². The molecule has 1 aromatic heterocycles. The molecule has 2 heterocycles. The lowest BCUT2D eigenvalue weighted by Gasteiger charge is -2.19. The molecule has 29 heavy (non-hydrogen) atoms. The molecule has 2 aliphatic rings. The van der Waals surface area contributed by atoms with E-state index in [-0.39, 0.29) is 17.6 Å². The van der Waals surface area contributed by atoms with Crippen LogP contribution in [0.2, 0.25) is 0 Å². The fourth-order valence-corrected chi connectivity index (χ4v) is 4.66. The molecule has 0 atom stereocenters. The van der Waals surface area contributed by atoms with Gasteiger partial charge >= 0.3 is 0 Å². The number of halogens is 1. The van der Waals surface area contributed by atoms with Crippen LogP contribution in [0.25, 0.3) is 0 Å². The molecule has 1 aliphatic carbocycles. The van der Waals surface area contributed by atoms with Crippen molar-refractivity contribution in [3.05, 3.63) is 81.8 Å². The Balaban J connectivity index is 1.38. The van der Waals surface area contributed by atoms with Crippen LogP contribution in [0.5, 0.6) is 0 Å². The van der Waals surface area contributed by atoms with Crippen molar-refractivity contribution in [2.24, 2.45) is 0 Å². The van der Waals surface area contributed by atoms with E-state index in [4.69, 9.17) is 0 Å². The van der Waals surface area contributed by atoms with Crippen LogP contribution in [0.3, 0.4) is 0 Å². The number of thiophene rings is 1. The van der Waals surface area contributed by atoms with E-state index >= 15 is 0 Å². The Bertz CT molecular complexity index is 1090. The number of hydrogen-bond donors (Lipinski definition) is 1. The van der Waals surface area contributed by atoms with Crippen LogP contribution in [0.1, 0.15) is 33.6 Å². The number of fused-ring (bicyclic) bond motifs is 1. The number of amides is 2. The normalized spacial score (nSPS) is 16.4. The lowest BCUT2D eigenvalue weighted by Crippen LogP contribution is -2.29. The molecule has 1 saturated carbocycles. The highest BCUT2D eigenvalue weighted by atomic mass is 32.1. The third-order valence-electron chi connectivity index (χ3n) is 5.80. The number of anilines is 2. The minimum atomic E-state index is -0.584. The minimum Gasteiger partial charge on any atom is -0.325 e. The standard InChI is InChI=1S/C23H19FN2O2S/c24-17-6-4-16(5-7-17)23(10-11-23)22(28)25-18-8-3-15-9-12-26(19(15)14-18)21(27)20-2-1-13-29-20/h1-8,13-14H,9-12H2,(H,25,28). The van der Waals surface area contributed by atoms with Crippen molar-refractivity contribution >= 4 is 34.5 Å². The Labute approximate surface area is 172 Å². The van der Waals surface area contributed by atoms with Gasteiger partial charge in [-0.05, 0) is 66.1 Å². The van der Waals surface area contributed by atoms with E-state index in [1.54, 1.807) is 17.0 Å². The summed E-state index contributed by atoms with van der Waals surface area (Å²) in [6.45, 7) is 0.642. The third kappa shape index (κ3) is 3.13. The van der Waals surface area contributed by atoms with Crippen LogP contribution >= 0.6 is 11.3 Å². The second-order valence-electron chi connectivity index (χ2n) is 7.57. The maximum atomic E-state index is 13.2. The molecule has 5 rings (SSSR count). The molecule has 4 nitrogen and oxygen atoms in total.